The molecule has 3 atom stereocenters. The van der Waals surface area contributed by atoms with Gasteiger partial charge in [0.1, 0.15) is 11.6 Å². The minimum atomic E-state index is -0.901. The van der Waals surface area contributed by atoms with Gasteiger partial charge in [-0.3, -0.25) is 9.59 Å². The molecule has 0 aliphatic heterocycles. The lowest BCUT2D eigenvalue weighted by Gasteiger charge is -2.28. The van der Waals surface area contributed by atoms with E-state index in [9.17, 15) is 14.4 Å². The number of alkyl carbamates (subject to hydrolysis) is 1. The Bertz CT molecular complexity index is 650. The highest BCUT2D eigenvalue weighted by atomic mass is 16.6. The summed E-state index contributed by atoms with van der Waals surface area (Å²) < 4.78 is 5.27. The molecule has 1 heterocycles. The second-order valence-corrected chi connectivity index (χ2v) is 8.41. The Morgan fingerprint density at radius 1 is 1.18 bits per heavy atom. The number of ketones is 1. The highest BCUT2D eigenvalue weighted by molar-refractivity contribution is 5.93. The minimum absolute atomic E-state index is 0.0202. The third kappa shape index (κ3) is 7.70. The first-order valence-corrected chi connectivity index (χ1v) is 9.75. The number of Topliss-reactive ketones (excluding diaryl/α,β-unsaturated/α-hetero) is 1. The maximum Gasteiger partial charge on any atom is 0.408 e. The summed E-state index contributed by atoms with van der Waals surface area (Å²) in [6, 6.07) is -1.51. The van der Waals surface area contributed by atoms with Crippen LogP contribution in [0.15, 0.2) is 12.5 Å². The lowest BCUT2D eigenvalue weighted by molar-refractivity contribution is -0.131. The van der Waals surface area contributed by atoms with Crippen LogP contribution in [0.5, 0.6) is 0 Å². The lowest BCUT2D eigenvalue weighted by Crippen LogP contribution is -2.55. The zero-order chi connectivity index (χ0) is 21.5. The minimum Gasteiger partial charge on any atom is -0.444 e. The van der Waals surface area contributed by atoms with Crippen LogP contribution in [0.1, 0.15) is 60.6 Å². The number of nitrogens with one attached hydrogen (secondary N) is 3. The van der Waals surface area contributed by atoms with E-state index in [0.717, 1.165) is 6.42 Å². The maximum absolute atomic E-state index is 13.0. The molecule has 28 heavy (non-hydrogen) atoms. The largest absolute Gasteiger partial charge is 0.444 e. The number of carbonyl (C=O) groups is 3. The molecular formula is C20H34N4O4. The number of hydrogen-bond acceptors (Lipinski definition) is 5. The molecule has 0 aromatic carbocycles. The number of aromatic amines is 1. The average molecular weight is 395 g/mol. The van der Waals surface area contributed by atoms with Gasteiger partial charge in [0.2, 0.25) is 5.91 Å². The molecule has 0 saturated carbocycles. The molecule has 0 saturated heterocycles. The number of ether oxygens (including phenoxy) is 1. The zero-order valence-corrected chi connectivity index (χ0v) is 18.0. The highest BCUT2D eigenvalue weighted by Gasteiger charge is 2.32. The van der Waals surface area contributed by atoms with Crippen molar-refractivity contribution in [2.45, 2.75) is 79.0 Å². The van der Waals surface area contributed by atoms with Crippen molar-refractivity contribution in [3.05, 3.63) is 18.2 Å². The van der Waals surface area contributed by atoms with Crippen LogP contribution in [0.4, 0.5) is 4.79 Å². The molecule has 158 valence electrons. The second kappa shape index (κ2) is 10.2. The van der Waals surface area contributed by atoms with Crippen LogP contribution in [0.3, 0.4) is 0 Å². The number of amides is 2. The molecule has 1 rings (SSSR count). The molecule has 8 heteroatoms. The van der Waals surface area contributed by atoms with Crippen molar-refractivity contribution < 1.29 is 19.1 Å². The van der Waals surface area contributed by atoms with Gasteiger partial charge in [-0.05, 0) is 26.7 Å². The molecular weight excluding hydrogens is 360 g/mol. The van der Waals surface area contributed by atoms with E-state index in [1.807, 2.05) is 27.7 Å². The molecule has 0 unspecified atom stereocenters. The van der Waals surface area contributed by atoms with Gasteiger partial charge in [0.15, 0.2) is 5.78 Å². The Hall–Kier alpha value is -2.38. The molecule has 0 spiro atoms. The zero-order valence-electron chi connectivity index (χ0n) is 18.0. The van der Waals surface area contributed by atoms with Gasteiger partial charge in [0.05, 0.1) is 12.4 Å². The summed E-state index contributed by atoms with van der Waals surface area (Å²) in [6.07, 6.45) is 3.34. The first-order chi connectivity index (χ1) is 12.9. The molecule has 0 radical (unpaired) electrons. The molecule has 0 aliphatic rings. The smallest absolute Gasteiger partial charge is 0.408 e. The summed E-state index contributed by atoms with van der Waals surface area (Å²) in [4.78, 5) is 44.6. The standard InChI is InChI=1S/C20H34N4O4/c1-8-13(4)16(17(25)12(2)3)24-18(26)15(9-14-10-21-11-22-14)23-19(27)28-20(5,6)7/h10-13,15-16H,8-9H2,1-7H3,(H,21,22)(H,23,27)(H,24,26)/t13-,15-,16-/m0/s1. The molecule has 8 nitrogen and oxygen atoms in total. The van der Waals surface area contributed by atoms with Crippen LogP contribution in [0, 0.1) is 11.8 Å². The van der Waals surface area contributed by atoms with Gasteiger partial charge in [-0.25, -0.2) is 9.78 Å². The van der Waals surface area contributed by atoms with E-state index in [1.165, 1.54) is 6.33 Å². The van der Waals surface area contributed by atoms with Crippen LogP contribution >= 0.6 is 0 Å². The third-order valence-electron chi connectivity index (χ3n) is 4.37. The van der Waals surface area contributed by atoms with Crippen molar-refractivity contribution in [1.29, 1.82) is 0 Å². The predicted octanol–water partition coefficient (Wildman–Crippen LogP) is 2.60. The summed E-state index contributed by atoms with van der Waals surface area (Å²) in [5, 5.41) is 5.45. The number of hydrogen-bond donors (Lipinski definition) is 3. The van der Waals surface area contributed by atoms with Crippen molar-refractivity contribution in [2.75, 3.05) is 0 Å². The summed E-state index contributed by atoms with van der Waals surface area (Å²) >= 11 is 0. The number of imidazole rings is 1. The second-order valence-electron chi connectivity index (χ2n) is 8.41. The van der Waals surface area contributed by atoms with E-state index in [0.29, 0.717) is 5.69 Å². The number of carbonyl (C=O) groups excluding carboxylic acids is 3. The monoisotopic (exact) mass is 394 g/mol. The van der Waals surface area contributed by atoms with Crippen LogP contribution < -0.4 is 10.6 Å². The van der Waals surface area contributed by atoms with Crippen LogP contribution in [0.2, 0.25) is 0 Å². The van der Waals surface area contributed by atoms with E-state index >= 15 is 0 Å². The van der Waals surface area contributed by atoms with Gasteiger partial charge in [-0.2, -0.15) is 0 Å². The summed E-state index contributed by atoms with van der Waals surface area (Å²) in [5.41, 5.74) is -0.00197. The Morgan fingerprint density at radius 2 is 1.82 bits per heavy atom. The van der Waals surface area contributed by atoms with Gasteiger partial charge < -0.3 is 20.4 Å². The van der Waals surface area contributed by atoms with Crippen molar-refractivity contribution in [3.8, 4) is 0 Å². The van der Waals surface area contributed by atoms with Crippen LogP contribution in [-0.4, -0.2) is 45.4 Å². The average Bonchev–Trinajstić information content (AvgIpc) is 3.08. The fourth-order valence-electron chi connectivity index (χ4n) is 2.62. The molecule has 1 aromatic rings. The molecule has 1 aromatic heterocycles. The number of nitrogens with zero attached hydrogens (tertiary/aromatic N) is 1. The maximum atomic E-state index is 13.0. The van der Waals surface area contributed by atoms with Gasteiger partial charge in [-0.15, -0.1) is 0 Å². The van der Waals surface area contributed by atoms with Crippen LogP contribution in [-0.2, 0) is 20.7 Å². The van der Waals surface area contributed by atoms with Crippen molar-refractivity contribution >= 4 is 17.8 Å². The molecule has 0 aliphatic carbocycles. The van der Waals surface area contributed by atoms with Crippen LogP contribution in [0.25, 0.3) is 0 Å². The first-order valence-electron chi connectivity index (χ1n) is 9.75. The quantitative estimate of drug-likeness (QED) is 0.596. The van der Waals surface area contributed by atoms with Gasteiger partial charge in [0, 0.05) is 24.2 Å². The molecule has 0 bridgehead atoms. The van der Waals surface area contributed by atoms with Crippen molar-refractivity contribution in [2.24, 2.45) is 11.8 Å². The Balaban J connectivity index is 2.98. The van der Waals surface area contributed by atoms with Crippen molar-refractivity contribution in [3.63, 3.8) is 0 Å². The van der Waals surface area contributed by atoms with E-state index in [4.69, 9.17) is 4.74 Å². The first kappa shape index (κ1) is 23.7. The van der Waals surface area contributed by atoms with Gasteiger partial charge in [0.25, 0.3) is 0 Å². The molecule has 2 amide bonds. The molecule has 0 fully saturated rings. The Labute approximate surface area is 167 Å². The fourth-order valence-corrected chi connectivity index (χ4v) is 2.62. The number of aromatic nitrogens is 2. The van der Waals surface area contributed by atoms with Crippen molar-refractivity contribution in [1.82, 2.24) is 20.6 Å². The topological polar surface area (TPSA) is 113 Å². The van der Waals surface area contributed by atoms with Gasteiger partial charge in [-0.1, -0.05) is 34.1 Å². The SMILES string of the molecule is CC[C@H](C)[C@H](NC(=O)[C@H](Cc1cnc[nH]1)NC(=O)OC(C)(C)C)C(=O)C(C)C. The fraction of sp³-hybridized carbons (Fsp3) is 0.700. The van der Waals surface area contributed by atoms with E-state index in [2.05, 4.69) is 20.6 Å². The predicted molar refractivity (Wildman–Crippen MR) is 107 cm³/mol. The Kier molecular flexibility index (Phi) is 8.65. The van der Waals surface area contributed by atoms with E-state index < -0.39 is 29.7 Å². The number of rotatable bonds is 9. The van der Waals surface area contributed by atoms with E-state index in [-0.39, 0.29) is 24.0 Å². The third-order valence-corrected chi connectivity index (χ3v) is 4.37. The normalized spacial score (nSPS) is 14.9. The van der Waals surface area contributed by atoms with E-state index in [1.54, 1.807) is 27.0 Å². The molecule has 3 N–H and O–H groups in total. The summed E-state index contributed by atoms with van der Waals surface area (Å²) in [6.45, 7) is 12.8. The summed E-state index contributed by atoms with van der Waals surface area (Å²) in [7, 11) is 0. The number of H-pyrrole nitrogens is 1. The van der Waals surface area contributed by atoms with Gasteiger partial charge >= 0.3 is 6.09 Å². The highest BCUT2D eigenvalue weighted by Crippen LogP contribution is 2.14. The summed E-state index contributed by atoms with van der Waals surface area (Å²) in [5.74, 6) is -0.683. The Morgan fingerprint density at radius 3 is 2.29 bits per heavy atom. The lowest BCUT2D eigenvalue weighted by atomic mass is 9.90.